The fraction of sp³-hybridized carbons (Fsp3) is 0. The lowest BCUT2D eigenvalue weighted by Gasteiger charge is -2.13. The van der Waals surface area contributed by atoms with Gasteiger partial charge in [-0.3, -0.25) is 4.98 Å². The number of aromatic nitrogens is 3. The average molecular weight is 588 g/mol. The Balaban J connectivity index is 1.27. The summed E-state index contributed by atoms with van der Waals surface area (Å²) in [6, 6.07) is 58.9. The zero-order chi connectivity index (χ0) is 30.7. The van der Waals surface area contributed by atoms with Gasteiger partial charge in [0.25, 0.3) is 0 Å². The van der Waals surface area contributed by atoms with Crippen LogP contribution in [0.5, 0.6) is 0 Å². The van der Waals surface area contributed by atoms with E-state index in [1.807, 2.05) is 24.4 Å². The maximum absolute atomic E-state index is 5.20. The Morgan fingerprint density at radius 3 is 1.65 bits per heavy atom. The molecule has 0 aliphatic heterocycles. The molecule has 0 bridgehead atoms. The second kappa shape index (κ2) is 12.1. The molecule has 3 nitrogen and oxygen atoms in total. The third kappa shape index (κ3) is 5.47. The molecule has 0 fully saturated rings. The van der Waals surface area contributed by atoms with Gasteiger partial charge in [-0.05, 0) is 45.8 Å². The molecular formula is C43H29N3. The molecule has 0 saturated carbocycles. The Labute approximate surface area is 268 Å². The van der Waals surface area contributed by atoms with Crippen molar-refractivity contribution in [1.29, 1.82) is 0 Å². The minimum Gasteiger partial charge on any atom is -0.256 e. The molecule has 0 aliphatic rings. The standard InChI is InChI=1S/C43H29N3/c1-3-12-30(13-4-1)31-22-24-33(25-23-31)41-28-42(39-21-10-9-20-38(39)32-14-5-2-6-15-32)46-43(45-41)36-19-11-18-35(26-36)40-27-34-16-7-8-17-37(34)29-44-40/h1-29H. The van der Waals surface area contributed by atoms with Crippen molar-refractivity contribution in [2.75, 3.05) is 0 Å². The van der Waals surface area contributed by atoms with Gasteiger partial charge >= 0.3 is 0 Å². The predicted molar refractivity (Wildman–Crippen MR) is 190 cm³/mol. The van der Waals surface area contributed by atoms with Crippen LogP contribution in [0.4, 0.5) is 0 Å². The van der Waals surface area contributed by atoms with Crippen LogP contribution < -0.4 is 0 Å². The minimum absolute atomic E-state index is 0.671. The number of hydrogen-bond acceptors (Lipinski definition) is 3. The zero-order valence-corrected chi connectivity index (χ0v) is 25.1. The van der Waals surface area contributed by atoms with Gasteiger partial charge in [0.2, 0.25) is 0 Å². The molecule has 0 spiro atoms. The Morgan fingerprint density at radius 2 is 0.870 bits per heavy atom. The van der Waals surface area contributed by atoms with Crippen LogP contribution in [-0.2, 0) is 0 Å². The van der Waals surface area contributed by atoms with Crippen LogP contribution in [0.1, 0.15) is 0 Å². The molecule has 0 amide bonds. The van der Waals surface area contributed by atoms with Crippen LogP contribution in [0.2, 0.25) is 0 Å². The van der Waals surface area contributed by atoms with Crippen molar-refractivity contribution in [1.82, 2.24) is 15.0 Å². The molecule has 0 aliphatic carbocycles. The molecule has 0 N–H and O–H groups in total. The molecule has 46 heavy (non-hydrogen) atoms. The van der Waals surface area contributed by atoms with Gasteiger partial charge in [-0.15, -0.1) is 0 Å². The van der Waals surface area contributed by atoms with Crippen LogP contribution in [0, 0.1) is 0 Å². The van der Waals surface area contributed by atoms with Crippen LogP contribution in [0.25, 0.3) is 78.2 Å². The quantitative estimate of drug-likeness (QED) is 0.194. The van der Waals surface area contributed by atoms with Gasteiger partial charge in [-0.2, -0.15) is 0 Å². The van der Waals surface area contributed by atoms with Gasteiger partial charge in [-0.1, -0.05) is 152 Å². The van der Waals surface area contributed by atoms with E-state index in [0.29, 0.717) is 5.82 Å². The highest BCUT2D eigenvalue weighted by atomic mass is 14.9. The van der Waals surface area contributed by atoms with Crippen LogP contribution >= 0.6 is 0 Å². The van der Waals surface area contributed by atoms with E-state index in [0.717, 1.165) is 61.2 Å². The van der Waals surface area contributed by atoms with Crippen molar-refractivity contribution in [3.8, 4) is 67.4 Å². The monoisotopic (exact) mass is 587 g/mol. The first-order valence-corrected chi connectivity index (χ1v) is 15.4. The maximum Gasteiger partial charge on any atom is 0.160 e. The number of benzene rings is 6. The molecule has 3 heteroatoms. The first-order valence-electron chi connectivity index (χ1n) is 15.4. The highest BCUT2D eigenvalue weighted by Crippen LogP contribution is 2.35. The summed E-state index contributed by atoms with van der Waals surface area (Å²) in [5, 5.41) is 2.29. The Kier molecular flexibility index (Phi) is 7.18. The summed E-state index contributed by atoms with van der Waals surface area (Å²) in [5.74, 6) is 0.671. The molecular weight excluding hydrogens is 558 g/mol. The van der Waals surface area contributed by atoms with E-state index >= 15 is 0 Å². The molecule has 0 unspecified atom stereocenters. The van der Waals surface area contributed by atoms with Gasteiger partial charge in [0.05, 0.1) is 17.1 Å². The summed E-state index contributed by atoms with van der Waals surface area (Å²) in [7, 11) is 0. The van der Waals surface area contributed by atoms with E-state index in [1.54, 1.807) is 0 Å². The van der Waals surface area contributed by atoms with Crippen molar-refractivity contribution in [2.45, 2.75) is 0 Å². The first-order chi connectivity index (χ1) is 22.8. The largest absolute Gasteiger partial charge is 0.256 e. The summed E-state index contributed by atoms with van der Waals surface area (Å²) in [5.41, 5.74) is 11.4. The SMILES string of the molecule is c1ccc(-c2ccc(-c3cc(-c4ccccc4-c4ccccc4)nc(-c4cccc(-c5cc6ccccc6cn5)c4)n3)cc2)cc1. The summed E-state index contributed by atoms with van der Waals surface area (Å²) in [6.45, 7) is 0. The van der Waals surface area contributed by atoms with Crippen molar-refractivity contribution < 1.29 is 0 Å². The fourth-order valence-electron chi connectivity index (χ4n) is 5.96. The average Bonchev–Trinajstić information content (AvgIpc) is 3.15. The molecule has 8 rings (SSSR count). The number of nitrogens with zero attached hydrogens (tertiary/aromatic N) is 3. The van der Waals surface area contributed by atoms with Crippen molar-refractivity contribution in [3.63, 3.8) is 0 Å². The molecule has 2 heterocycles. The molecule has 8 aromatic rings. The predicted octanol–water partition coefficient (Wildman–Crippen LogP) is 11.0. The maximum atomic E-state index is 5.20. The molecule has 2 aromatic heterocycles. The minimum atomic E-state index is 0.671. The van der Waals surface area contributed by atoms with Crippen LogP contribution in [0.3, 0.4) is 0 Å². The Bertz CT molecular complexity index is 2290. The van der Waals surface area contributed by atoms with Gasteiger partial charge in [-0.25, -0.2) is 9.97 Å². The lowest BCUT2D eigenvalue weighted by molar-refractivity contribution is 1.18. The van der Waals surface area contributed by atoms with Gasteiger partial charge in [0.1, 0.15) is 0 Å². The van der Waals surface area contributed by atoms with E-state index in [2.05, 4.69) is 152 Å². The van der Waals surface area contributed by atoms with Crippen molar-refractivity contribution in [2.24, 2.45) is 0 Å². The normalized spacial score (nSPS) is 11.0. The Hall–Kier alpha value is -6.19. The second-order valence-corrected chi connectivity index (χ2v) is 11.3. The number of rotatable bonds is 6. The summed E-state index contributed by atoms with van der Waals surface area (Å²) < 4.78 is 0. The van der Waals surface area contributed by atoms with E-state index < -0.39 is 0 Å². The van der Waals surface area contributed by atoms with Gasteiger partial charge in [0, 0.05) is 33.8 Å². The van der Waals surface area contributed by atoms with E-state index in [-0.39, 0.29) is 0 Å². The van der Waals surface area contributed by atoms with Crippen molar-refractivity contribution in [3.05, 3.63) is 176 Å². The lowest BCUT2D eigenvalue weighted by Crippen LogP contribution is -1.97. The number of hydrogen-bond donors (Lipinski definition) is 0. The third-order valence-corrected chi connectivity index (χ3v) is 8.35. The smallest absolute Gasteiger partial charge is 0.160 e. The number of pyridine rings is 1. The highest BCUT2D eigenvalue weighted by molar-refractivity contribution is 5.87. The molecule has 0 radical (unpaired) electrons. The summed E-state index contributed by atoms with van der Waals surface area (Å²) in [4.78, 5) is 15.1. The Morgan fingerprint density at radius 1 is 0.304 bits per heavy atom. The summed E-state index contributed by atoms with van der Waals surface area (Å²) >= 11 is 0. The molecule has 0 saturated heterocycles. The van der Waals surface area contributed by atoms with E-state index in [4.69, 9.17) is 15.0 Å². The van der Waals surface area contributed by atoms with Crippen molar-refractivity contribution >= 4 is 10.8 Å². The second-order valence-electron chi connectivity index (χ2n) is 11.3. The molecule has 216 valence electrons. The third-order valence-electron chi connectivity index (χ3n) is 8.35. The molecule has 0 atom stereocenters. The van der Waals surface area contributed by atoms with Crippen LogP contribution in [0.15, 0.2) is 176 Å². The topological polar surface area (TPSA) is 38.7 Å². The number of fused-ring (bicyclic) bond motifs is 1. The van der Waals surface area contributed by atoms with E-state index in [9.17, 15) is 0 Å². The molecule has 6 aromatic carbocycles. The van der Waals surface area contributed by atoms with Gasteiger partial charge in [0.15, 0.2) is 5.82 Å². The first kappa shape index (κ1) is 27.4. The van der Waals surface area contributed by atoms with Crippen LogP contribution in [-0.4, -0.2) is 15.0 Å². The zero-order valence-electron chi connectivity index (χ0n) is 25.1. The van der Waals surface area contributed by atoms with Gasteiger partial charge < -0.3 is 0 Å². The lowest BCUT2D eigenvalue weighted by atomic mass is 9.96. The summed E-state index contributed by atoms with van der Waals surface area (Å²) in [6.07, 6.45) is 1.94. The fourth-order valence-corrected chi connectivity index (χ4v) is 5.96. The van der Waals surface area contributed by atoms with E-state index in [1.165, 1.54) is 11.1 Å². The highest BCUT2D eigenvalue weighted by Gasteiger charge is 2.15.